The van der Waals surface area contributed by atoms with E-state index >= 15 is 0 Å². The first-order chi connectivity index (χ1) is 9.83. The maximum atomic E-state index is 11.9. The highest BCUT2D eigenvalue weighted by Gasteiger charge is 2.20. The van der Waals surface area contributed by atoms with Gasteiger partial charge in [-0.15, -0.1) is 12.4 Å². The number of hydrogen-bond donors (Lipinski definition) is 2. The Hall–Kier alpha value is -1.71. The first kappa shape index (κ1) is 18.3. The molecule has 124 valence electrons. The highest BCUT2D eigenvalue weighted by Crippen LogP contribution is 2.38. The van der Waals surface area contributed by atoms with E-state index in [0.717, 1.165) is 4.31 Å². The standard InChI is InChI=1S/C12H17N3O5S.ClH/c1-3-21(17,18)15(2)6-12(16)14-9-5-11-10(4-8(9)13)19-7-20-11;/h4-5H,3,6-7,13H2,1-2H3,(H,14,16);1H. The van der Waals surface area contributed by atoms with Crippen molar-refractivity contribution in [2.24, 2.45) is 0 Å². The predicted octanol–water partition coefficient (Wildman–Crippen LogP) is 0.639. The van der Waals surface area contributed by atoms with Crippen molar-refractivity contribution in [3.8, 4) is 11.5 Å². The number of amides is 1. The average molecular weight is 352 g/mol. The zero-order valence-electron chi connectivity index (χ0n) is 12.2. The van der Waals surface area contributed by atoms with Crippen LogP contribution in [0.25, 0.3) is 0 Å². The monoisotopic (exact) mass is 351 g/mol. The largest absolute Gasteiger partial charge is 0.454 e. The molecule has 1 aromatic rings. The van der Waals surface area contributed by atoms with Gasteiger partial charge in [0.05, 0.1) is 23.7 Å². The van der Waals surface area contributed by atoms with E-state index in [4.69, 9.17) is 15.2 Å². The second kappa shape index (κ2) is 7.03. The molecule has 1 aromatic carbocycles. The lowest BCUT2D eigenvalue weighted by atomic mass is 10.2. The van der Waals surface area contributed by atoms with Gasteiger partial charge in [0.25, 0.3) is 0 Å². The molecule has 0 saturated heterocycles. The Morgan fingerprint density at radius 1 is 1.36 bits per heavy atom. The second-order valence-corrected chi connectivity index (χ2v) is 6.86. The molecule has 10 heteroatoms. The van der Waals surface area contributed by atoms with Gasteiger partial charge in [-0.05, 0) is 6.92 Å². The summed E-state index contributed by atoms with van der Waals surface area (Å²) >= 11 is 0. The Bertz CT molecular complexity index is 665. The molecule has 0 aliphatic carbocycles. The number of hydrogen-bond acceptors (Lipinski definition) is 6. The number of anilines is 2. The average Bonchev–Trinajstić information content (AvgIpc) is 2.85. The minimum atomic E-state index is -3.41. The molecule has 22 heavy (non-hydrogen) atoms. The van der Waals surface area contributed by atoms with Gasteiger partial charge in [-0.2, -0.15) is 4.31 Å². The molecular formula is C12H18ClN3O5S. The van der Waals surface area contributed by atoms with E-state index < -0.39 is 15.9 Å². The molecule has 1 aliphatic rings. The van der Waals surface area contributed by atoms with Crippen LogP contribution in [-0.2, 0) is 14.8 Å². The molecule has 0 aromatic heterocycles. The lowest BCUT2D eigenvalue weighted by Gasteiger charge is -2.16. The normalized spacial score (nSPS) is 12.9. The van der Waals surface area contributed by atoms with Crippen molar-refractivity contribution in [3.05, 3.63) is 12.1 Å². The summed E-state index contributed by atoms with van der Waals surface area (Å²) in [6, 6.07) is 3.09. The molecule has 1 amide bonds. The number of carbonyl (C=O) groups is 1. The van der Waals surface area contributed by atoms with Crippen LogP contribution >= 0.6 is 12.4 Å². The predicted molar refractivity (Wildman–Crippen MR) is 84.9 cm³/mol. The lowest BCUT2D eigenvalue weighted by Crippen LogP contribution is -2.35. The minimum absolute atomic E-state index is 0. The summed E-state index contributed by atoms with van der Waals surface area (Å²) in [5.41, 5.74) is 6.47. The summed E-state index contributed by atoms with van der Waals surface area (Å²) < 4.78 is 34.5. The van der Waals surface area contributed by atoms with Gasteiger partial charge >= 0.3 is 0 Å². The first-order valence-corrected chi connectivity index (χ1v) is 7.87. The van der Waals surface area contributed by atoms with Crippen molar-refractivity contribution in [2.75, 3.05) is 37.2 Å². The quantitative estimate of drug-likeness (QED) is 0.753. The molecule has 0 atom stereocenters. The maximum absolute atomic E-state index is 11.9. The van der Waals surface area contributed by atoms with E-state index in [1.165, 1.54) is 14.0 Å². The SMILES string of the molecule is CCS(=O)(=O)N(C)CC(=O)Nc1cc2c(cc1N)OCO2.Cl. The van der Waals surface area contributed by atoms with Crippen molar-refractivity contribution in [1.82, 2.24) is 4.31 Å². The minimum Gasteiger partial charge on any atom is -0.454 e. The molecule has 1 aliphatic heterocycles. The number of nitrogen functional groups attached to an aromatic ring is 1. The van der Waals surface area contributed by atoms with Crippen molar-refractivity contribution in [1.29, 1.82) is 0 Å². The molecule has 0 saturated carbocycles. The van der Waals surface area contributed by atoms with Gasteiger partial charge in [0, 0.05) is 19.2 Å². The Morgan fingerprint density at radius 3 is 2.55 bits per heavy atom. The Kier molecular flexibility index (Phi) is 5.86. The maximum Gasteiger partial charge on any atom is 0.239 e. The highest BCUT2D eigenvalue weighted by molar-refractivity contribution is 7.89. The van der Waals surface area contributed by atoms with E-state index in [9.17, 15) is 13.2 Å². The molecule has 1 heterocycles. The van der Waals surface area contributed by atoms with Crippen LogP contribution in [0.4, 0.5) is 11.4 Å². The zero-order chi connectivity index (χ0) is 15.6. The van der Waals surface area contributed by atoms with Crippen LogP contribution in [0.5, 0.6) is 11.5 Å². The number of nitrogens with one attached hydrogen (secondary N) is 1. The number of likely N-dealkylation sites (N-methyl/N-ethyl adjacent to an activating group) is 1. The topological polar surface area (TPSA) is 111 Å². The summed E-state index contributed by atoms with van der Waals surface area (Å²) in [4.78, 5) is 11.9. The van der Waals surface area contributed by atoms with Crippen LogP contribution < -0.4 is 20.5 Å². The summed E-state index contributed by atoms with van der Waals surface area (Å²) in [7, 11) is -2.06. The van der Waals surface area contributed by atoms with Gasteiger partial charge in [-0.1, -0.05) is 0 Å². The first-order valence-electron chi connectivity index (χ1n) is 6.26. The summed E-state index contributed by atoms with van der Waals surface area (Å²) in [6.07, 6.45) is 0. The van der Waals surface area contributed by atoms with Crippen molar-refractivity contribution < 1.29 is 22.7 Å². The molecular weight excluding hydrogens is 334 g/mol. The van der Waals surface area contributed by atoms with E-state index in [0.29, 0.717) is 22.9 Å². The molecule has 0 fully saturated rings. The molecule has 0 radical (unpaired) electrons. The van der Waals surface area contributed by atoms with E-state index in [1.54, 1.807) is 12.1 Å². The zero-order valence-corrected chi connectivity index (χ0v) is 13.8. The number of halogens is 1. The van der Waals surface area contributed by atoms with Gasteiger partial charge in [0.15, 0.2) is 11.5 Å². The fourth-order valence-corrected chi connectivity index (χ4v) is 2.53. The summed E-state index contributed by atoms with van der Waals surface area (Å²) in [5.74, 6) is 0.438. The molecule has 3 N–H and O–H groups in total. The van der Waals surface area contributed by atoms with Crippen molar-refractivity contribution in [2.45, 2.75) is 6.92 Å². The van der Waals surface area contributed by atoms with Gasteiger partial charge in [0.1, 0.15) is 0 Å². The number of fused-ring (bicyclic) bond motifs is 1. The Balaban J connectivity index is 0.00000242. The Labute approximate surface area is 135 Å². The van der Waals surface area contributed by atoms with Gasteiger partial charge in [0.2, 0.25) is 22.7 Å². The third-order valence-electron chi connectivity index (χ3n) is 3.02. The molecule has 8 nitrogen and oxygen atoms in total. The fraction of sp³-hybridized carbons (Fsp3) is 0.417. The summed E-state index contributed by atoms with van der Waals surface area (Å²) in [5, 5.41) is 2.56. The number of nitrogens with two attached hydrogens (primary N) is 1. The fourth-order valence-electron chi connectivity index (χ4n) is 1.78. The third-order valence-corrected chi connectivity index (χ3v) is 4.83. The Morgan fingerprint density at radius 2 is 1.95 bits per heavy atom. The number of sulfonamides is 1. The molecule has 2 rings (SSSR count). The number of carbonyl (C=O) groups excluding carboxylic acids is 1. The molecule has 0 unspecified atom stereocenters. The molecule has 0 bridgehead atoms. The van der Waals surface area contributed by atoms with E-state index in [-0.39, 0.29) is 31.5 Å². The number of rotatable bonds is 5. The number of nitrogens with zero attached hydrogens (tertiary/aromatic N) is 1. The highest BCUT2D eigenvalue weighted by atomic mass is 35.5. The third kappa shape index (κ3) is 3.93. The molecule has 0 spiro atoms. The van der Waals surface area contributed by atoms with Crippen molar-refractivity contribution in [3.63, 3.8) is 0 Å². The van der Waals surface area contributed by atoms with Gasteiger partial charge < -0.3 is 20.5 Å². The van der Waals surface area contributed by atoms with E-state index in [1.807, 2.05) is 0 Å². The number of ether oxygens (including phenoxy) is 2. The smallest absolute Gasteiger partial charge is 0.239 e. The van der Waals surface area contributed by atoms with Crippen LogP contribution in [0.1, 0.15) is 6.92 Å². The summed E-state index contributed by atoms with van der Waals surface area (Å²) in [6.45, 7) is 1.33. The van der Waals surface area contributed by atoms with E-state index in [2.05, 4.69) is 5.32 Å². The van der Waals surface area contributed by atoms with Crippen molar-refractivity contribution >= 4 is 39.7 Å². The van der Waals surface area contributed by atoms with Crippen LogP contribution in [0.2, 0.25) is 0 Å². The van der Waals surface area contributed by atoms with Crippen LogP contribution in [0, 0.1) is 0 Å². The van der Waals surface area contributed by atoms with Crippen LogP contribution in [0.3, 0.4) is 0 Å². The lowest BCUT2D eigenvalue weighted by molar-refractivity contribution is -0.116. The second-order valence-electron chi connectivity index (χ2n) is 4.50. The van der Waals surface area contributed by atoms with Gasteiger partial charge in [-0.3, -0.25) is 4.79 Å². The van der Waals surface area contributed by atoms with Gasteiger partial charge in [-0.25, -0.2) is 8.42 Å². The van der Waals surface area contributed by atoms with Crippen LogP contribution in [-0.4, -0.2) is 44.8 Å². The van der Waals surface area contributed by atoms with Crippen LogP contribution in [0.15, 0.2) is 12.1 Å². The number of benzene rings is 1.